The highest BCUT2D eigenvalue weighted by Crippen LogP contribution is 2.30. The number of benzene rings is 2. The lowest BCUT2D eigenvalue weighted by atomic mass is 10.1. The molecule has 0 aliphatic carbocycles. The lowest BCUT2D eigenvalue weighted by Crippen LogP contribution is -2.47. The third-order valence-corrected chi connectivity index (χ3v) is 5.13. The predicted octanol–water partition coefficient (Wildman–Crippen LogP) is 2.35. The number of carbonyl (C=O) groups excluding carboxylic acids is 2. The first-order chi connectivity index (χ1) is 14.5. The van der Waals surface area contributed by atoms with Gasteiger partial charge in [0.2, 0.25) is 0 Å². The first kappa shape index (κ1) is 21.4. The Bertz CT molecular complexity index is 923. The minimum Gasteiger partial charge on any atom is -0.495 e. The summed E-state index contributed by atoms with van der Waals surface area (Å²) in [4.78, 5) is 29.7. The molecule has 1 fully saturated rings. The van der Waals surface area contributed by atoms with Crippen molar-refractivity contribution in [1.82, 2.24) is 9.80 Å². The van der Waals surface area contributed by atoms with E-state index in [9.17, 15) is 9.59 Å². The van der Waals surface area contributed by atoms with E-state index in [1.165, 1.54) is 21.3 Å². The standard InChI is InChI=1S/C22H27N3O5/c1-24-9-11-25(12-10-24)22(27)16-6-7-18(28-2)17(13-16)23-21(26)15-5-8-19(29-3)20(14-15)30-4/h5-8,13-14H,9-12H2,1-4H3,(H,23,26). The molecule has 2 aromatic rings. The highest BCUT2D eigenvalue weighted by Gasteiger charge is 2.22. The molecule has 0 saturated carbocycles. The maximum Gasteiger partial charge on any atom is 0.255 e. The normalized spacial score (nSPS) is 14.2. The van der Waals surface area contributed by atoms with Gasteiger partial charge >= 0.3 is 0 Å². The fraction of sp³-hybridized carbons (Fsp3) is 0.364. The molecule has 2 aromatic carbocycles. The number of hydrogen-bond acceptors (Lipinski definition) is 6. The van der Waals surface area contributed by atoms with E-state index in [-0.39, 0.29) is 11.8 Å². The molecule has 1 saturated heterocycles. The zero-order valence-corrected chi connectivity index (χ0v) is 17.7. The molecular formula is C22H27N3O5. The Labute approximate surface area is 176 Å². The highest BCUT2D eigenvalue weighted by atomic mass is 16.5. The fourth-order valence-electron chi connectivity index (χ4n) is 3.30. The van der Waals surface area contributed by atoms with Gasteiger partial charge in [-0.2, -0.15) is 0 Å². The summed E-state index contributed by atoms with van der Waals surface area (Å²) in [5.41, 5.74) is 1.32. The molecule has 0 aromatic heterocycles. The first-order valence-corrected chi connectivity index (χ1v) is 9.66. The highest BCUT2D eigenvalue weighted by molar-refractivity contribution is 6.06. The van der Waals surface area contributed by atoms with E-state index in [1.54, 1.807) is 36.4 Å². The van der Waals surface area contributed by atoms with Crippen molar-refractivity contribution in [3.05, 3.63) is 47.5 Å². The van der Waals surface area contributed by atoms with Gasteiger partial charge in [0.1, 0.15) is 5.75 Å². The summed E-state index contributed by atoms with van der Waals surface area (Å²) in [6.07, 6.45) is 0. The number of nitrogens with zero attached hydrogens (tertiary/aromatic N) is 2. The number of rotatable bonds is 6. The molecule has 3 rings (SSSR count). The Hall–Kier alpha value is -3.26. The van der Waals surface area contributed by atoms with Crippen LogP contribution in [0.5, 0.6) is 17.2 Å². The second kappa shape index (κ2) is 9.49. The van der Waals surface area contributed by atoms with Crippen LogP contribution in [0.2, 0.25) is 0 Å². The third-order valence-electron chi connectivity index (χ3n) is 5.13. The van der Waals surface area contributed by atoms with E-state index in [2.05, 4.69) is 10.2 Å². The smallest absolute Gasteiger partial charge is 0.255 e. The zero-order valence-electron chi connectivity index (χ0n) is 17.7. The van der Waals surface area contributed by atoms with Gasteiger partial charge in [0, 0.05) is 37.3 Å². The lowest BCUT2D eigenvalue weighted by molar-refractivity contribution is 0.0664. The summed E-state index contributed by atoms with van der Waals surface area (Å²) in [6, 6.07) is 9.96. The van der Waals surface area contributed by atoms with Gasteiger partial charge in [-0.15, -0.1) is 0 Å². The quantitative estimate of drug-likeness (QED) is 0.783. The molecular weight excluding hydrogens is 386 g/mol. The number of nitrogens with one attached hydrogen (secondary N) is 1. The summed E-state index contributed by atoms with van der Waals surface area (Å²) >= 11 is 0. The van der Waals surface area contributed by atoms with E-state index in [4.69, 9.17) is 14.2 Å². The van der Waals surface area contributed by atoms with Gasteiger partial charge in [-0.1, -0.05) is 0 Å². The molecule has 30 heavy (non-hydrogen) atoms. The van der Waals surface area contributed by atoms with Crippen LogP contribution in [0.1, 0.15) is 20.7 Å². The van der Waals surface area contributed by atoms with Crippen molar-refractivity contribution in [2.45, 2.75) is 0 Å². The molecule has 1 aliphatic heterocycles. The molecule has 8 nitrogen and oxygen atoms in total. The van der Waals surface area contributed by atoms with Crippen LogP contribution in [0.3, 0.4) is 0 Å². The summed E-state index contributed by atoms with van der Waals surface area (Å²) in [7, 11) is 6.60. The van der Waals surface area contributed by atoms with Crippen molar-refractivity contribution >= 4 is 17.5 Å². The molecule has 0 spiro atoms. The molecule has 1 heterocycles. The molecule has 0 bridgehead atoms. The van der Waals surface area contributed by atoms with Gasteiger partial charge in [0.15, 0.2) is 11.5 Å². The van der Waals surface area contributed by atoms with Crippen molar-refractivity contribution in [2.75, 3.05) is 59.9 Å². The van der Waals surface area contributed by atoms with Crippen LogP contribution < -0.4 is 19.5 Å². The summed E-state index contributed by atoms with van der Waals surface area (Å²) in [5, 5.41) is 2.83. The molecule has 0 unspecified atom stereocenters. The topological polar surface area (TPSA) is 80.3 Å². The number of likely N-dealkylation sites (N-methyl/N-ethyl adjacent to an activating group) is 1. The minimum absolute atomic E-state index is 0.0626. The van der Waals surface area contributed by atoms with E-state index in [0.29, 0.717) is 47.2 Å². The van der Waals surface area contributed by atoms with E-state index >= 15 is 0 Å². The van der Waals surface area contributed by atoms with E-state index < -0.39 is 0 Å². The predicted molar refractivity (Wildman–Crippen MR) is 114 cm³/mol. The SMILES string of the molecule is COc1ccc(C(=O)N2CCN(C)CC2)cc1NC(=O)c1ccc(OC)c(OC)c1. The molecule has 0 radical (unpaired) electrons. The number of ether oxygens (including phenoxy) is 3. The van der Waals surface area contributed by atoms with E-state index in [0.717, 1.165) is 13.1 Å². The minimum atomic E-state index is -0.349. The van der Waals surface area contributed by atoms with Crippen molar-refractivity contribution in [3.8, 4) is 17.2 Å². The third kappa shape index (κ3) is 4.65. The molecule has 0 atom stereocenters. The summed E-state index contributed by atoms with van der Waals surface area (Å²) in [6.45, 7) is 3.03. The largest absolute Gasteiger partial charge is 0.495 e. The van der Waals surface area contributed by atoms with Gasteiger partial charge in [-0.3, -0.25) is 9.59 Å². The molecule has 1 N–H and O–H groups in total. The maximum absolute atomic E-state index is 12.9. The Kier molecular flexibility index (Phi) is 6.79. The number of piperazine rings is 1. The van der Waals surface area contributed by atoms with Gasteiger partial charge < -0.3 is 29.3 Å². The van der Waals surface area contributed by atoms with Gasteiger partial charge in [0.25, 0.3) is 11.8 Å². The van der Waals surface area contributed by atoms with Gasteiger partial charge in [-0.05, 0) is 43.4 Å². The van der Waals surface area contributed by atoms with Gasteiger partial charge in [-0.25, -0.2) is 0 Å². The van der Waals surface area contributed by atoms with E-state index in [1.807, 2.05) is 11.9 Å². The van der Waals surface area contributed by atoms with Crippen molar-refractivity contribution in [1.29, 1.82) is 0 Å². The first-order valence-electron chi connectivity index (χ1n) is 9.66. The fourth-order valence-corrected chi connectivity index (χ4v) is 3.30. The molecule has 8 heteroatoms. The average molecular weight is 413 g/mol. The van der Waals surface area contributed by atoms with Crippen LogP contribution in [-0.4, -0.2) is 76.2 Å². The average Bonchev–Trinajstić information content (AvgIpc) is 2.78. The molecule has 2 amide bonds. The maximum atomic E-state index is 12.9. The number of hydrogen-bond donors (Lipinski definition) is 1. The molecule has 1 aliphatic rings. The Morgan fingerprint density at radius 3 is 2.03 bits per heavy atom. The molecule has 160 valence electrons. The van der Waals surface area contributed by atoms with Crippen LogP contribution in [0.4, 0.5) is 5.69 Å². The van der Waals surface area contributed by atoms with Crippen LogP contribution in [-0.2, 0) is 0 Å². The Balaban J connectivity index is 1.82. The van der Waals surface area contributed by atoms with Crippen LogP contribution >= 0.6 is 0 Å². The van der Waals surface area contributed by atoms with Crippen LogP contribution in [0.15, 0.2) is 36.4 Å². The van der Waals surface area contributed by atoms with Crippen LogP contribution in [0, 0.1) is 0 Å². The number of amides is 2. The second-order valence-electron chi connectivity index (χ2n) is 7.03. The monoisotopic (exact) mass is 413 g/mol. The number of methoxy groups -OCH3 is 3. The number of anilines is 1. The van der Waals surface area contributed by atoms with Crippen molar-refractivity contribution in [2.24, 2.45) is 0 Å². The summed E-state index contributed by atoms with van der Waals surface area (Å²) < 4.78 is 15.8. The summed E-state index contributed by atoms with van der Waals surface area (Å²) in [5.74, 6) is 1.05. The van der Waals surface area contributed by atoms with Crippen molar-refractivity contribution < 1.29 is 23.8 Å². The Morgan fingerprint density at radius 1 is 0.800 bits per heavy atom. The number of carbonyl (C=O) groups is 2. The lowest BCUT2D eigenvalue weighted by Gasteiger charge is -2.32. The second-order valence-corrected chi connectivity index (χ2v) is 7.03. The van der Waals surface area contributed by atoms with Crippen molar-refractivity contribution in [3.63, 3.8) is 0 Å². The zero-order chi connectivity index (χ0) is 21.7. The van der Waals surface area contributed by atoms with Gasteiger partial charge in [0.05, 0.1) is 27.0 Å². The van der Waals surface area contributed by atoms with Crippen LogP contribution in [0.25, 0.3) is 0 Å². The Morgan fingerprint density at radius 2 is 1.40 bits per heavy atom.